The van der Waals surface area contributed by atoms with Gasteiger partial charge in [0.05, 0.1) is 13.2 Å². The van der Waals surface area contributed by atoms with Crippen LogP contribution in [0.15, 0.2) is 0 Å². The van der Waals surface area contributed by atoms with Gasteiger partial charge in [-0.2, -0.15) is 0 Å². The van der Waals surface area contributed by atoms with Crippen LogP contribution < -0.4 is 0 Å². The fraction of sp³-hybridized carbons (Fsp3) is 1.00. The molecule has 1 heterocycles. The van der Waals surface area contributed by atoms with Crippen LogP contribution in [0.2, 0.25) is 0 Å². The predicted molar refractivity (Wildman–Crippen MR) is 61.0 cm³/mol. The molecular weight excluding hydrogens is 198 g/mol. The molecule has 2 nitrogen and oxygen atoms in total. The Hall–Kier alpha value is 0.210. The van der Waals surface area contributed by atoms with Gasteiger partial charge < -0.3 is 4.74 Å². The summed E-state index contributed by atoms with van der Waals surface area (Å²) in [5.41, 5.74) is 0. The molecule has 3 heteroatoms. The first-order valence-corrected chi connectivity index (χ1v) is 6.18. The Bertz CT molecular complexity index is 144. The third-order valence-electron chi connectivity index (χ3n) is 3.09. The molecule has 0 saturated carbocycles. The minimum atomic E-state index is 0.602. The van der Waals surface area contributed by atoms with Gasteiger partial charge in [0, 0.05) is 24.5 Å². The number of hydrogen-bond acceptors (Lipinski definition) is 2. The first-order valence-electron chi connectivity index (χ1n) is 5.65. The topological polar surface area (TPSA) is 12.5 Å². The summed E-state index contributed by atoms with van der Waals surface area (Å²) in [4.78, 5) is 2.55. The predicted octanol–water partition coefficient (Wildman–Crippen LogP) is 2.50. The van der Waals surface area contributed by atoms with Crippen LogP contribution in [0.4, 0.5) is 0 Å². The van der Waals surface area contributed by atoms with Crippen molar-refractivity contribution in [3.63, 3.8) is 0 Å². The molecule has 1 fully saturated rings. The second-order valence-corrected chi connectivity index (χ2v) is 4.55. The Balaban J connectivity index is 2.19. The Morgan fingerprint density at radius 3 is 2.43 bits per heavy atom. The van der Waals surface area contributed by atoms with Crippen LogP contribution in [0.25, 0.3) is 0 Å². The van der Waals surface area contributed by atoms with Crippen molar-refractivity contribution in [1.29, 1.82) is 0 Å². The number of piperidine rings is 1. The number of likely N-dealkylation sites (tertiary alicyclic amines) is 1. The van der Waals surface area contributed by atoms with Crippen LogP contribution >= 0.6 is 11.6 Å². The maximum absolute atomic E-state index is 5.54. The van der Waals surface area contributed by atoms with E-state index in [4.69, 9.17) is 16.3 Å². The van der Waals surface area contributed by atoms with Gasteiger partial charge in [-0.3, -0.25) is 4.90 Å². The van der Waals surface area contributed by atoms with E-state index in [-0.39, 0.29) is 0 Å². The molecule has 0 aromatic carbocycles. The molecule has 1 saturated heterocycles. The molecule has 0 radical (unpaired) electrons. The molecule has 1 aliphatic heterocycles. The fourth-order valence-corrected chi connectivity index (χ4v) is 2.35. The number of alkyl halides is 1. The summed E-state index contributed by atoms with van der Waals surface area (Å²) >= 11 is 5.54. The lowest BCUT2D eigenvalue weighted by atomic mass is 9.98. The Kier molecular flexibility index (Phi) is 5.83. The quantitative estimate of drug-likeness (QED) is 0.521. The van der Waals surface area contributed by atoms with Crippen LogP contribution in [0, 0.1) is 0 Å². The number of halogens is 1. The molecule has 0 aromatic rings. The van der Waals surface area contributed by atoms with Crippen molar-refractivity contribution in [2.75, 3.05) is 25.6 Å². The van der Waals surface area contributed by atoms with E-state index in [1.165, 1.54) is 19.3 Å². The van der Waals surface area contributed by atoms with Gasteiger partial charge in [0.2, 0.25) is 0 Å². The molecule has 0 N–H and O–H groups in total. The van der Waals surface area contributed by atoms with Gasteiger partial charge in [-0.1, -0.05) is 6.42 Å². The van der Waals surface area contributed by atoms with Gasteiger partial charge in [0.25, 0.3) is 0 Å². The average Bonchev–Trinajstić information content (AvgIpc) is 2.16. The molecule has 2 atom stereocenters. The Labute approximate surface area is 92.6 Å². The molecule has 0 spiro atoms. The molecule has 0 aromatic heterocycles. The summed E-state index contributed by atoms with van der Waals surface area (Å²) in [6, 6.07) is 1.44. The van der Waals surface area contributed by atoms with Crippen LogP contribution in [-0.4, -0.2) is 42.6 Å². The molecule has 14 heavy (non-hydrogen) atoms. The summed E-state index contributed by atoms with van der Waals surface area (Å²) in [6.45, 7) is 7.19. The highest BCUT2D eigenvalue weighted by Gasteiger charge is 2.23. The van der Waals surface area contributed by atoms with E-state index in [0.29, 0.717) is 12.5 Å². The maximum atomic E-state index is 5.54. The highest BCUT2D eigenvalue weighted by molar-refractivity contribution is 6.17. The molecule has 84 valence electrons. The van der Waals surface area contributed by atoms with E-state index in [2.05, 4.69) is 18.7 Å². The zero-order valence-electron chi connectivity index (χ0n) is 9.34. The normalized spacial score (nSPS) is 29.4. The SMILES string of the molecule is C[C@@H]1CCC[C@H](C)N1CCOCCCl. The fourth-order valence-electron chi connectivity index (χ4n) is 2.24. The van der Waals surface area contributed by atoms with Gasteiger partial charge in [-0.25, -0.2) is 0 Å². The van der Waals surface area contributed by atoms with Crippen molar-refractivity contribution in [3.05, 3.63) is 0 Å². The first kappa shape index (κ1) is 12.3. The summed E-state index contributed by atoms with van der Waals surface area (Å²) in [6.07, 6.45) is 4.04. The summed E-state index contributed by atoms with van der Waals surface area (Å²) in [5, 5.41) is 0. The maximum Gasteiger partial charge on any atom is 0.0602 e. The largest absolute Gasteiger partial charge is 0.379 e. The summed E-state index contributed by atoms with van der Waals surface area (Å²) < 4.78 is 5.41. The number of ether oxygens (including phenoxy) is 1. The zero-order chi connectivity index (χ0) is 10.4. The van der Waals surface area contributed by atoms with Crippen LogP contribution in [0.1, 0.15) is 33.1 Å². The van der Waals surface area contributed by atoms with Gasteiger partial charge in [-0.05, 0) is 26.7 Å². The van der Waals surface area contributed by atoms with E-state index < -0.39 is 0 Å². The lowest BCUT2D eigenvalue weighted by molar-refractivity contribution is 0.0542. The molecule has 1 aliphatic rings. The van der Waals surface area contributed by atoms with Crippen molar-refractivity contribution in [3.8, 4) is 0 Å². The minimum Gasteiger partial charge on any atom is -0.379 e. The average molecular weight is 220 g/mol. The van der Waals surface area contributed by atoms with Crippen molar-refractivity contribution in [2.45, 2.75) is 45.2 Å². The van der Waals surface area contributed by atoms with Crippen molar-refractivity contribution in [1.82, 2.24) is 4.90 Å². The first-order chi connectivity index (χ1) is 6.75. The van der Waals surface area contributed by atoms with E-state index in [1.54, 1.807) is 0 Å². The van der Waals surface area contributed by atoms with Crippen molar-refractivity contribution in [2.24, 2.45) is 0 Å². The Morgan fingerprint density at radius 1 is 1.21 bits per heavy atom. The monoisotopic (exact) mass is 219 g/mol. The molecule has 1 rings (SSSR count). The van der Waals surface area contributed by atoms with Gasteiger partial charge in [0.15, 0.2) is 0 Å². The lowest BCUT2D eigenvalue weighted by Crippen LogP contribution is -2.45. The second-order valence-electron chi connectivity index (χ2n) is 4.17. The number of hydrogen-bond donors (Lipinski definition) is 0. The van der Waals surface area contributed by atoms with E-state index >= 15 is 0 Å². The van der Waals surface area contributed by atoms with E-state index in [9.17, 15) is 0 Å². The standard InChI is InChI=1S/C11H22ClNO/c1-10-4-3-5-11(2)13(10)7-9-14-8-6-12/h10-11H,3-9H2,1-2H3/t10-,11+. The Morgan fingerprint density at radius 2 is 1.86 bits per heavy atom. The minimum absolute atomic E-state index is 0.602. The van der Waals surface area contributed by atoms with Crippen LogP contribution in [-0.2, 0) is 4.74 Å². The van der Waals surface area contributed by atoms with Gasteiger partial charge >= 0.3 is 0 Å². The molecular formula is C11H22ClNO. The highest BCUT2D eigenvalue weighted by Crippen LogP contribution is 2.21. The highest BCUT2D eigenvalue weighted by atomic mass is 35.5. The van der Waals surface area contributed by atoms with Crippen molar-refractivity contribution >= 4 is 11.6 Å². The number of nitrogens with zero attached hydrogens (tertiary/aromatic N) is 1. The van der Waals surface area contributed by atoms with E-state index in [0.717, 1.165) is 25.2 Å². The molecule has 0 aliphatic carbocycles. The van der Waals surface area contributed by atoms with Crippen LogP contribution in [0.3, 0.4) is 0 Å². The smallest absolute Gasteiger partial charge is 0.0602 e. The zero-order valence-corrected chi connectivity index (χ0v) is 10.1. The second kappa shape index (κ2) is 6.65. The molecule has 0 unspecified atom stereocenters. The molecule has 0 bridgehead atoms. The lowest BCUT2D eigenvalue weighted by Gasteiger charge is -2.38. The third-order valence-corrected chi connectivity index (χ3v) is 3.25. The van der Waals surface area contributed by atoms with E-state index in [1.807, 2.05) is 0 Å². The summed E-state index contributed by atoms with van der Waals surface area (Å²) in [7, 11) is 0. The third kappa shape index (κ3) is 3.76. The van der Waals surface area contributed by atoms with Crippen LogP contribution in [0.5, 0.6) is 0 Å². The van der Waals surface area contributed by atoms with Gasteiger partial charge in [-0.15, -0.1) is 11.6 Å². The van der Waals surface area contributed by atoms with Crippen molar-refractivity contribution < 1.29 is 4.74 Å². The number of rotatable bonds is 5. The van der Waals surface area contributed by atoms with Gasteiger partial charge in [0.1, 0.15) is 0 Å². The molecule has 0 amide bonds. The summed E-state index contributed by atoms with van der Waals surface area (Å²) in [5.74, 6) is 0.602.